The zero-order valence-electron chi connectivity index (χ0n) is 9.03. The van der Waals surface area contributed by atoms with Crippen molar-refractivity contribution in [3.63, 3.8) is 0 Å². The molecule has 0 aliphatic carbocycles. The summed E-state index contributed by atoms with van der Waals surface area (Å²) < 4.78 is 43.0. The molecule has 102 valence electrons. The Morgan fingerprint density at radius 1 is 1.42 bits per heavy atom. The predicted molar refractivity (Wildman–Crippen MR) is 64.8 cm³/mol. The van der Waals surface area contributed by atoms with Gasteiger partial charge in [0, 0.05) is 10.5 Å². The summed E-state index contributed by atoms with van der Waals surface area (Å²) in [5.41, 5.74) is -0.745. The molecular weight excluding hydrogens is 305 g/mol. The Hall–Kier alpha value is -1.34. The smallest absolute Gasteiger partial charge is 0.430 e. The Labute approximate surface area is 116 Å². The fourth-order valence-electron chi connectivity index (χ4n) is 1.67. The molecule has 0 saturated heterocycles. The number of carbonyl (C=O) groups is 1. The second-order valence-corrected chi connectivity index (χ2v) is 4.71. The molecule has 0 aromatic heterocycles. The first-order valence-corrected chi connectivity index (χ1v) is 5.73. The van der Waals surface area contributed by atoms with E-state index in [0.717, 1.165) is 6.08 Å². The lowest BCUT2D eigenvalue weighted by Crippen LogP contribution is -2.40. The number of fused-ring (bicyclic) bond motifs is 1. The molecule has 3 nitrogen and oxygen atoms in total. The quantitative estimate of drug-likeness (QED) is 0.781. The van der Waals surface area contributed by atoms with Crippen LogP contribution in [-0.4, -0.2) is 23.4 Å². The number of carboxylic acid groups (broad SMARTS) is 1. The summed E-state index contributed by atoms with van der Waals surface area (Å²) in [6.45, 7) is 0. The van der Waals surface area contributed by atoms with E-state index in [1.807, 2.05) is 0 Å². The van der Waals surface area contributed by atoms with Crippen molar-refractivity contribution in [3.8, 4) is 5.75 Å². The van der Waals surface area contributed by atoms with Crippen molar-refractivity contribution in [2.75, 3.05) is 0 Å². The van der Waals surface area contributed by atoms with Crippen LogP contribution in [-0.2, 0) is 4.79 Å². The van der Waals surface area contributed by atoms with E-state index in [9.17, 15) is 18.0 Å². The number of hydrogen-bond donors (Lipinski definition) is 2. The van der Waals surface area contributed by atoms with Crippen LogP contribution >= 0.6 is 24.2 Å². The third kappa shape index (κ3) is 2.66. The fraction of sp³-hybridized carbons (Fsp3) is 0.182. The molecule has 0 saturated carbocycles. The molecule has 1 atom stereocenters. The van der Waals surface area contributed by atoms with E-state index in [0.29, 0.717) is 4.90 Å². The molecule has 1 heterocycles. The lowest BCUT2D eigenvalue weighted by atomic mass is 10.0. The van der Waals surface area contributed by atoms with E-state index in [-0.39, 0.29) is 16.3 Å². The van der Waals surface area contributed by atoms with Crippen LogP contribution in [0.2, 0.25) is 5.02 Å². The minimum Gasteiger partial charge on any atom is -0.478 e. The van der Waals surface area contributed by atoms with Gasteiger partial charge in [-0.25, -0.2) is 4.79 Å². The van der Waals surface area contributed by atoms with Crippen molar-refractivity contribution in [2.24, 2.45) is 0 Å². The van der Waals surface area contributed by atoms with E-state index in [1.54, 1.807) is 0 Å². The SMILES string of the molecule is O=C(O)C1=Cc2cc(S)cc(Cl)c2O[C@@H]1C(F)(F)F. The highest BCUT2D eigenvalue weighted by Crippen LogP contribution is 2.41. The van der Waals surface area contributed by atoms with Gasteiger partial charge in [-0.2, -0.15) is 13.2 Å². The topological polar surface area (TPSA) is 46.5 Å². The number of thiol groups is 1. The van der Waals surface area contributed by atoms with E-state index in [4.69, 9.17) is 21.4 Å². The first kappa shape index (κ1) is 14.1. The third-order valence-electron chi connectivity index (χ3n) is 2.43. The first-order valence-electron chi connectivity index (χ1n) is 4.91. The number of alkyl halides is 3. The molecule has 1 aliphatic rings. The molecule has 0 spiro atoms. The summed E-state index contributed by atoms with van der Waals surface area (Å²) in [5, 5.41) is 8.78. The van der Waals surface area contributed by atoms with Crippen LogP contribution in [0.15, 0.2) is 22.6 Å². The monoisotopic (exact) mass is 310 g/mol. The zero-order valence-corrected chi connectivity index (χ0v) is 10.7. The molecule has 1 aliphatic heterocycles. The third-order valence-corrected chi connectivity index (χ3v) is 2.97. The summed E-state index contributed by atoms with van der Waals surface area (Å²) in [7, 11) is 0. The molecule has 1 N–H and O–H groups in total. The van der Waals surface area contributed by atoms with Crippen molar-refractivity contribution in [3.05, 3.63) is 28.3 Å². The number of benzene rings is 1. The number of hydrogen-bond acceptors (Lipinski definition) is 3. The number of ether oxygens (including phenoxy) is 1. The van der Waals surface area contributed by atoms with Gasteiger partial charge in [0.25, 0.3) is 0 Å². The van der Waals surface area contributed by atoms with Crippen LogP contribution in [0.4, 0.5) is 13.2 Å². The standard InChI is InChI=1S/C11H6ClF3O3S/c12-7-3-5(19)1-4-2-6(10(16)17)9(11(13,14)15)18-8(4)7/h1-3,9,19H,(H,16,17)/t9-/m0/s1. The molecule has 0 amide bonds. The van der Waals surface area contributed by atoms with Crippen molar-refractivity contribution in [2.45, 2.75) is 17.2 Å². The molecule has 0 bridgehead atoms. The minimum absolute atomic E-state index is 0.0579. The van der Waals surface area contributed by atoms with Gasteiger partial charge < -0.3 is 9.84 Å². The Morgan fingerprint density at radius 3 is 2.58 bits per heavy atom. The molecule has 0 radical (unpaired) electrons. The molecule has 8 heteroatoms. The van der Waals surface area contributed by atoms with Crippen molar-refractivity contribution in [1.29, 1.82) is 0 Å². The second kappa shape index (κ2) is 4.64. The second-order valence-electron chi connectivity index (χ2n) is 3.79. The number of rotatable bonds is 1. The lowest BCUT2D eigenvalue weighted by Gasteiger charge is -2.27. The van der Waals surface area contributed by atoms with Gasteiger partial charge in [0.2, 0.25) is 6.10 Å². The maximum atomic E-state index is 12.8. The van der Waals surface area contributed by atoms with Crippen molar-refractivity contribution >= 4 is 36.3 Å². The highest BCUT2D eigenvalue weighted by atomic mass is 35.5. The molecule has 0 fully saturated rings. The minimum atomic E-state index is -4.84. The largest absolute Gasteiger partial charge is 0.478 e. The highest BCUT2D eigenvalue weighted by Gasteiger charge is 2.48. The van der Waals surface area contributed by atoms with Gasteiger partial charge in [-0.1, -0.05) is 11.6 Å². The van der Waals surface area contributed by atoms with Crippen molar-refractivity contribution in [1.82, 2.24) is 0 Å². The summed E-state index contributed by atoms with van der Waals surface area (Å²) in [5.74, 6) is -1.90. The van der Waals surface area contributed by atoms with E-state index in [1.165, 1.54) is 12.1 Å². The zero-order chi connectivity index (χ0) is 14.4. The molecule has 19 heavy (non-hydrogen) atoms. The Balaban J connectivity index is 2.61. The van der Waals surface area contributed by atoms with Gasteiger partial charge in [-0.05, 0) is 18.2 Å². The Kier molecular flexibility index (Phi) is 3.44. The van der Waals surface area contributed by atoms with Gasteiger partial charge in [-0.15, -0.1) is 12.6 Å². The summed E-state index contributed by atoms with van der Waals surface area (Å²) in [6.07, 6.45) is -6.49. The average molecular weight is 311 g/mol. The molecule has 0 unspecified atom stereocenters. The molecular formula is C11H6ClF3O3S. The number of aliphatic carboxylic acids is 1. The van der Waals surface area contributed by atoms with Gasteiger partial charge in [0.15, 0.2) is 0 Å². The number of carboxylic acids is 1. The van der Waals surface area contributed by atoms with Gasteiger partial charge in [0.05, 0.1) is 10.6 Å². The van der Waals surface area contributed by atoms with Gasteiger partial charge in [-0.3, -0.25) is 0 Å². The van der Waals surface area contributed by atoms with Gasteiger partial charge in [0.1, 0.15) is 5.75 Å². The van der Waals surface area contributed by atoms with Crippen LogP contribution in [0.5, 0.6) is 5.75 Å². The van der Waals surface area contributed by atoms with E-state index >= 15 is 0 Å². The molecule has 2 rings (SSSR count). The lowest BCUT2D eigenvalue weighted by molar-refractivity contribution is -0.187. The van der Waals surface area contributed by atoms with Gasteiger partial charge >= 0.3 is 12.1 Å². The number of halogens is 4. The molecule has 1 aromatic rings. The van der Waals surface area contributed by atoms with Crippen LogP contribution in [0.25, 0.3) is 6.08 Å². The summed E-state index contributed by atoms with van der Waals surface area (Å²) in [4.78, 5) is 11.3. The van der Waals surface area contributed by atoms with E-state index in [2.05, 4.69) is 12.6 Å². The Bertz CT molecular complexity index is 583. The summed E-state index contributed by atoms with van der Waals surface area (Å²) in [6, 6.07) is 2.69. The van der Waals surface area contributed by atoms with Crippen LogP contribution in [0.1, 0.15) is 5.56 Å². The molecule has 1 aromatic carbocycles. The normalized spacial score (nSPS) is 18.4. The van der Waals surface area contributed by atoms with Crippen LogP contribution in [0.3, 0.4) is 0 Å². The first-order chi connectivity index (χ1) is 8.70. The van der Waals surface area contributed by atoms with Crippen molar-refractivity contribution < 1.29 is 27.8 Å². The maximum Gasteiger partial charge on any atom is 0.430 e. The highest BCUT2D eigenvalue weighted by molar-refractivity contribution is 7.80. The fourth-order valence-corrected chi connectivity index (χ4v) is 2.29. The van der Waals surface area contributed by atoms with Crippen LogP contribution in [0, 0.1) is 0 Å². The summed E-state index contributed by atoms with van der Waals surface area (Å²) >= 11 is 9.78. The predicted octanol–water partition coefficient (Wildman–Crippen LogP) is 3.42. The van der Waals surface area contributed by atoms with Crippen LogP contribution < -0.4 is 4.74 Å². The Morgan fingerprint density at radius 2 is 2.05 bits per heavy atom. The maximum absolute atomic E-state index is 12.8. The average Bonchev–Trinajstić information content (AvgIpc) is 2.25. The van der Waals surface area contributed by atoms with E-state index < -0.39 is 23.8 Å².